The molecular formula is C8H8BNaO3S. The summed E-state index contributed by atoms with van der Waals surface area (Å²) in [5.74, 6) is 0. The minimum atomic E-state index is -2.17. The fourth-order valence-electron chi connectivity index (χ4n) is 1.11. The van der Waals surface area contributed by atoms with Gasteiger partial charge in [-0.05, 0) is 0 Å². The fourth-order valence-corrected chi connectivity index (χ4v) is 3.01. The molecule has 0 atom stereocenters. The molecule has 0 saturated carbocycles. The Morgan fingerprint density at radius 3 is 2.29 bits per heavy atom. The van der Waals surface area contributed by atoms with Gasteiger partial charge in [0, 0.05) is 0 Å². The van der Waals surface area contributed by atoms with Gasteiger partial charge < -0.3 is 15.1 Å². The Hall–Kier alpha value is 0.125. The van der Waals surface area contributed by atoms with E-state index in [1.165, 1.54) is 40.1 Å². The number of rotatable bonds is 0. The van der Waals surface area contributed by atoms with Crippen molar-refractivity contribution in [2.24, 2.45) is 0 Å². The van der Waals surface area contributed by atoms with Crippen LogP contribution in [0.1, 0.15) is 0 Å². The van der Waals surface area contributed by atoms with Crippen molar-refractivity contribution in [1.29, 1.82) is 0 Å². The van der Waals surface area contributed by atoms with Gasteiger partial charge in [-0.1, -0.05) is 0 Å². The van der Waals surface area contributed by atoms with Crippen LogP contribution < -0.4 is 2.13 Å². The summed E-state index contributed by atoms with van der Waals surface area (Å²) in [5, 5.41) is 22.9. The standard InChI is InChI=1S/C8H5S.BH3O3.Na/c1-2-4-8-7(3-1)5-6-9-8;2-1(3)4;/h1-5H;2-4H;. The van der Waals surface area contributed by atoms with Crippen molar-refractivity contribution in [3.8, 4) is 0 Å². The summed E-state index contributed by atoms with van der Waals surface area (Å²) in [7, 11) is -2.17. The number of hydrogen-bond acceptors (Lipinski definition) is 4. The van der Waals surface area contributed by atoms with E-state index in [4.69, 9.17) is 15.1 Å². The van der Waals surface area contributed by atoms with E-state index in [2.05, 4.69) is 30.3 Å². The second-order valence-corrected chi connectivity index (χ2v) is 5.83. The zero-order valence-corrected chi connectivity index (χ0v) is 10.5. The monoisotopic (exact) mass is 218 g/mol. The Morgan fingerprint density at radius 2 is 1.71 bits per heavy atom. The molecule has 1 heterocycles. The second kappa shape index (κ2) is 5.87. The summed E-state index contributed by atoms with van der Waals surface area (Å²) in [5.41, 5.74) is 0. The molecule has 0 radical (unpaired) electrons. The summed E-state index contributed by atoms with van der Waals surface area (Å²) in [6.07, 6.45) is 0. The van der Waals surface area contributed by atoms with Crippen molar-refractivity contribution < 1.29 is 15.1 Å². The molecule has 6 heteroatoms. The van der Waals surface area contributed by atoms with Crippen LogP contribution in [0.4, 0.5) is 0 Å². The predicted octanol–water partition coefficient (Wildman–Crippen LogP) is -0.357. The van der Waals surface area contributed by atoms with Crippen molar-refractivity contribution in [2.45, 2.75) is 0 Å². The van der Waals surface area contributed by atoms with Crippen molar-refractivity contribution in [3.63, 3.8) is 0 Å². The van der Waals surface area contributed by atoms with Gasteiger partial charge in [-0.25, -0.2) is 0 Å². The predicted molar refractivity (Wildman–Crippen MR) is 59.6 cm³/mol. The molecule has 0 amide bonds. The Balaban J connectivity index is 0.000000213. The van der Waals surface area contributed by atoms with Crippen LogP contribution in [0.25, 0.3) is 10.1 Å². The molecule has 0 spiro atoms. The van der Waals surface area contributed by atoms with E-state index in [-0.39, 0.29) is 0 Å². The zero-order chi connectivity index (χ0) is 10.6. The third-order valence-electron chi connectivity index (χ3n) is 1.55. The molecule has 0 fully saturated rings. The maximum atomic E-state index is 7.17. The first-order chi connectivity index (χ1) is 6.59. The Bertz CT molecular complexity index is 368. The summed E-state index contributed by atoms with van der Waals surface area (Å²) in [4.78, 5) is 0. The molecule has 0 saturated heterocycles. The van der Waals surface area contributed by atoms with Gasteiger partial charge in [0.1, 0.15) is 0 Å². The normalized spacial score (nSPS) is 9.50. The molecule has 14 heavy (non-hydrogen) atoms. The zero-order valence-electron chi connectivity index (χ0n) is 7.71. The van der Waals surface area contributed by atoms with E-state index in [0.717, 1.165) is 0 Å². The topological polar surface area (TPSA) is 60.7 Å². The van der Waals surface area contributed by atoms with Gasteiger partial charge in [-0.3, -0.25) is 0 Å². The molecule has 3 nitrogen and oxygen atoms in total. The van der Waals surface area contributed by atoms with Crippen molar-refractivity contribution >= 4 is 58.8 Å². The molecule has 1 aromatic carbocycles. The van der Waals surface area contributed by atoms with Crippen LogP contribution in [0.2, 0.25) is 0 Å². The van der Waals surface area contributed by atoms with Crippen molar-refractivity contribution in [3.05, 3.63) is 30.3 Å². The van der Waals surface area contributed by atoms with Crippen molar-refractivity contribution in [2.75, 3.05) is 0 Å². The number of benzene rings is 1. The SMILES string of the molecule is OB(O)O.[Na][c]1cc2ccccc2s1. The molecule has 3 N–H and O–H groups in total. The first kappa shape index (κ1) is 12.2. The third-order valence-corrected chi connectivity index (χ3v) is 3.48. The van der Waals surface area contributed by atoms with Gasteiger partial charge in [0.2, 0.25) is 0 Å². The molecular weight excluding hydrogens is 210 g/mol. The van der Waals surface area contributed by atoms with Gasteiger partial charge in [0.25, 0.3) is 0 Å². The molecule has 0 unspecified atom stereocenters. The van der Waals surface area contributed by atoms with Crippen LogP contribution in [0.3, 0.4) is 0 Å². The van der Waals surface area contributed by atoms with E-state index >= 15 is 0 Å². The molecule has 68 valence electrons. The van der Waals surface area contributed by atoms with Gasteiger partial charge in [-0.15, -0.1) is 0 Å². The van der Waals surface area contributed by atoms with Gasteiger partial charge >= 0.3 is 89.1 Å². The molecule has 2 rings (SSSR count). The molecule has 1 aromatic heterocycles. The van der Waals surface area contributed by atoms with Gasteiger partial charge in [-0.2, -0.15) is 0 Å². The minimum absolute atomic E-state index is 1.18. The Kier molecular flexibility index (Phi) is 5.12. The Labute approximate surface area is 104 Å². The summed E-state index contributed by atoms with van der Waals surface area (Å²) in [6.45, 7) is 0. The van der Waals surface area contributed by atoms with E-state index in [1.54, 1.807) is 0 Å². The third kappa shape index (κ3) is 4.10. The second-order valence-electron chi connectivity index (χ2n) is 2.74. The van der Waals surface area contributed by atoms with Crippen LogP contribution in [-0.4, -0.2) is 50.3 Å². The summed E-state index contributed by atoms with van der Waals surface area (Å²) >= 11 is 3.09. The molecule has 2 aromatic rings. The molecule has 0 aliphatic rings. The average molecular weight is 218 g/mol. The Morgan fingerprint density at radius 1 is 1.14 bits per heavy atom. The van der Waals surface area contributed by atoms with Crippen LogP contribution in [-0.2, 0) is 0 Å². The van der Waals surface area contributed by atoms with E-state index in [1.807, 2.05) is 11.3 Å². The first-order valence-electron chi connectivity index (χ1n) is 4.09. The van der Waals surface area contributed by atoms with Gasteiger partial charge in [0.15, 0.2) is 0 Å². The first-order valence-corrected chi connectivity index (χ1v) is 5.90. The van der Waals surface area contributed by atoms with E-state index in [9.17, 15) is 0 Å². The molecule has 0 aliphatic carbocycles. The van der Waals surface area contributed by atoms with Crippen LogP contribution >= 0.6 is 11.3 Å². The van der Waals surface area contributed by atoms with Crippen LogP contribution in [0.5, 0.6) is 0 Å². The van der Waals surface area contributed by atoms with Crippen LogP contribution in [0, 0.1) is 0 Å². The molecule has 0 bridgehead atoms. The van der Waals surface area contributed by atoms with Gasteiger partial charge in [0.05, 0.1) is 0 Å². The quantitative estimate of drug-likeness (QED) is 0.529. The van der Waals surface area contributed by atoms with E-state index in [0.29, 0.717) is 0 Å². The molecule has 0 aliphatic heterocycles. The average Bonchev–Trinajstić information content (AvgIpc) is 2.42. The number of hydrogen-bond donors (Lipinski definition) is 3. The fraction of sp³-hybridized carbons (Fsp3) is 0. The number of fused-ring (bicyclic) bond motifs is 1. The van der Waals surface area contributed by atoms with Crippen molar-refractivity contribution in [1.82, 2.24) is 0 Å². The van der Waals surface area contributed by atoms with E-state index < -0.39 is 7.32 Å². The maximum absolute atomic E-state index is 7.17. The van der Waals surface area contributed by atoms with Crippen LogP contribution in [0.15, 0.2) is 30.3 Å². The summed E-state index contributed by atoms with van der Waals surface area (Å²) < 4.78 is 2.95. The number of thiophene rings is 1. The summed E-state index contributed by atoms with van der Waals surface area (Å²) in [6, 6.07) is 10.8.